The second-order valence-electron chi connectivity index (χ2n) is 4.98. The predicted octanol–water partition coefficient (Wildman–Crippen LogP) is 4.05. The highest BCUT2D eigenvalue weighted by Crippen LogP contribution is 2.22. The van der Waals surface area contributed by atoms with Crippen molar-refractivity contribution in [3.8, 4) is 0 Å². The zero-order valence-corrected chi connectivity index (χ0v) is 11.8. The summed E-state index contributed by atoms with van der Waals surface area (Å²) in [6.07, 6.45) is 3.58. The Hall–Kier alpha value is -3.14. The Balaban J connectivity index is 1.63. The van der Waals surface area contributed by atoms with Gasteiger partial charge in [0.2, 0.25) is 0 Å². The van der Waals surface area contributed by atoms with Gasteiger partial charge in [-0.25, -0.2) is 0 Å². The van der Waals surface area contributed by atoms with Crippen molar-refractivity contribution in [3.63, 3.8) is 0 Å². The van der Waals surface area contributed by atoms with Crippen LogP contribution in [0.1, 0.15) is 0 Å². The van der Waals surface area contributed by atoms with Crippen LogP contribution in [0.4, 0.5) is 11.4 Å². The Morgan fingerprint density at radius 1 is 0.773 bits per heavy atom. The summed E-state index contributed by atoms with van der Waals surface area (Å²) in [5.74, 6) is 0. The number of hydrogen-bond donors (Lipinski definition) is 1. The van der Waals surface area contributed by atoms with E-state index >= 15 is 0 Å². The Morgan fingerprint density at radius 3 is 2.55 bits per heavy atom. The van der Waals surface area contributed by atoms with E-state index in [2.05, 4.69) is 20.8 Å². The molecule has 22 heavy (non-hydrogen) atoms. The van der Waals surface area contributed by atoms with Crippen LogP contribution in [0.3, 0.4) is 0 Å². The number of hydrogen-bond acceptors (Lipinski definition) is 3. The zero-order chi connectivity index (χ0) is 14.8. The molecule has 0 unspecified atom stereocenters. The molecule has 2 aromatic carbocycles. The van der Waals surface area contributed by atoms with Crippen molar-refractivity contribution >= 4 is 33.2 Å². The number of para-hydroxylation sites is 1. The molecule has 0 atom stereocenters. The summed E-state index contributed by atoms with van der Waals surface area (Å²) in [5, 5.41) is 2.16. The van der Waals surface area contributed by atoms with Gasteiger partial charge in [0, 0.05) is 23.2 Å². The largest absolute Gasteiger partial charge is 0.276 e. The molecule has 2 aromatic heterocycles. The van der Waals surface area contributed by atoms with Gasteiger partial charge >= 0.3 is 0 Å². The summed E-state index contributed by atoms with van der Waals surface area (Å²) < 4.78 is 0. The number of aromatic nitrogens is 2. The van der Waals surface area contributed by atoms with Crippen LogP contribution in [-0.4, -0.2) is 9.97 Å². The van der Waals surface area contributed by atoms with E-state index in [4.69, 9.17) is 0 Å². The van der Waals surface area contributed by atoms with Crippen molar-refractivity contribution in [2.45, 2.75) is 0 Å². The maximum absolute atomic E-state index is 4.46. The average Bonchev–Trinajstić information content (AvgIpc) is 2.60. The van der Waals surface area contributed by atoms with Gasteiger partial charge in [-0.05, 0) is 36.4 Å². The van der Waals surface area contributed by atoms with E-state index in [0.29, 0.717) is 0 Å². The molecule has 4 rings (SSSR count). The lowest BCUT2D eigenvalue weighted by atomic mass is 10.2. The molecule has 0 spiro atoms. The molecule has 0 saturated heterocycles. The molecular formula is C18H13N4. The highest BCUT2D eigenvalue weighted by Gasteiger charge is 2.03. The normalized spacial score (nSPS) is 10.7. The molecule has 1 N–H and O–H groups in total. The van der Waals surface area contributed by atoms with Crippen LogP contribution >= 0.6 is 0 Å². The van der Waals surface area contributed by atoms with Crippen molar-refractivity contribution in [3.05, 3.63) is 73.1 Å². The minimum Gasteiger partial charge on any atom is -0.276 e. The lowest BCUT2D eigenvalue weighted by Gasteiger charge is -2.09. The molecule has 0 saturated carbocycles. The van der Waals surface area contributed by atoms with Gasteiger partial charge < -0.3 is 0 Å². The van der Waals surface area contributed by atoms with Crippen LogP contribution in [0.5, 0.6) is 0 Å². The summed E-state index contributed by atoms with van der Waals surface area (Å²) >= 11 is 0. The number of benzene rings is 2. The van der Waals surface area contributed by atoms with Crippen LogP contribution in [0.2, 0.25) is 0 Å². The second-order valence-corrected chi connectivity index (χ2v) is 4.98. The van der Waals surface area contributed by atoms with Crippen molar-refractivity contribution in [2.75, 3.05) is 5.43 Å². The van der Waals surface area contributed by atoms with Gasteiger partial charge in [-0.3, -0.25) is 15.4 Å². The number of pyridine rings is 2. The van der Waals surface area contributed by atoms with Gasteiger partial charge in [0.1, 0.15) is 0 Å². The van der Waals surface area contributed by atoms with Gasteiger partial charge in [0.05, 0.1) is 22.4 Å². The number of rotatable bonds is 3. The predicted molar refractivity (Wildman–Crippen MR) is 88.9 cm³/mol. The first-order valence-electron chi connectivity index (χ1n) is 7.05. The summed E-state index contributed by atoms with van der Waals surface area (Å²) in [4.78, 5) is 8.72. The highest BCUT2D eigenvalue weighted by atomic mass is 15.4. The SMILES string of the molecule is c1cnc2ccc([N]Nc3cccc4cccnc34)cc2c1. The molecule has 0 aliphatic heterocycles. The molecule has 0 amide bonds. The monoisotopic (exact) mass is 285 g/mol. The topological polar surface area (TPSA) is 51.9 Å². The summed E-state index contributed by atoms with van der Waals surface area (Å²) in [6, 6.07) is 19.8. The van der Waals surface area contributed by atoms with E-state index in [1.54, 1.807) is 12.4 Å². The first-order chi connectivity index (χ1) is 10.9. The molecule has 4 aromatic rings. The lowest BCUT2D eigenvalue weighted by Crippen LogP contribution is -2.08. The molecule has 1 radical (unpaired) electrons. The maximum Gasteiger partial charge on any atom is 0.0951 e. The van der Waals surface area contributed by atoms with Crippen LogP contribution in [0, 0.1) is 0 Å². The fourth-order valence-corrected chi connectivity index (χ4v) is 2.45. The van der Waals surface area contributed by atoms with Crippen LogP contribution in [0.15, 0.2) is 73.1 Å². The van der Waals surface area contributed by atoms with E-state index in [1.807, 2.05) is 60.7 Å². The van der Waals surface area contributed by atoms with Gasteiger partial charge in [-0.15, -0.1) is 0 Å². The fraction of sp³-hybridized carbons (Fsp3) is 0. The Morgan fingerprint density at radius 2 is 1.59 bits per heavy atom. The highest BCUT2D eigenvalue weighted by molar-refractivity contribution is 5.90. The number of nitrogens with one attached hydrogen (secondary N) is 1. The molecule has 105 valence electrons. The summed E-state index contributed by atoms with van der Waals surface area (Å²) in [6.45, 7) is 0. The standard InChI is InChI=1S/C18H13N4/c1-4-13-5-2-11-20-18(13)17(7-1)22-21-15-8-9-16-14(12-15)6-3-10-19-16/h1-12,22H. The second kappa shape index (κ2) is 5.33. The average molecular weight is 285 g/mol. The Labute approximate surface area is 127 Å². The summed E-state index contributed by atoms with van der Waals surface area (Å²) in [7, 11) is 0. The van der Waals surface area contributed by atoms with Gasteiger partial charge in [-0.2, -0.15) is 5.43 Å². The third-order valence-electron chi connectivity index (χ3n) is 3.52. The maximum atomic E-state index is 4.46. The third kappa shape index (κ3) is 2.31. The van der Waals surface area contributed by atoms with Crippen molar-refractivity contribution < 1.29 is 0 Å². The molecule has 0 fully saturated rings. The molecule has 2 heterocycles. The molecule has 0 bridgehead atoms. The molecule has 4 nitrogen and oxygen atoms in total. The molecular weight excluding hydrogens is 272 g/mol. The first-order valence-corrected chi connectivity index (χ1v) is 7.05. The minimum absolute atomic E-state index is 0.855. The Kier molecular flexibility index (Phi) is 3.05. The lowest BCUT2D eigenvalue weighted by molar-refractivity contribution is 1.05. The van der Waals surface area contributed by atoms with Gasteiger partial charge in [-0.1, -0.05) is 24.3 Å². The van der Waals surface area contributed by atoms with E-state index in [-0.39, 0.29) is 0 Å². The molecule has 0 aliphatic rings. The van der Waals surface area contributed by atoms with Crippen LogP contribution in [0.25, 0.3) is 21.8 Å². The van der Waals surface area contributed by atoms with Crippen molar-refractivity contribution in [1.82, 2.24) is 15.4 Å². The van der Waals surface area contributed by atoms with Crippen molar-refractivity contribution in [1.29, 1.82) is 0 Å². The Bertz CT molecular complexity index is 944. The third-order valence-corrected chi connectivity index (χ3v) is 3.52. The number of nitrogens with zero attached hydrogens (tertiary/aromatic N) is 3. The zero-order valence-electron chi connectivity index (χ0n) is 11.8. The smallest absolute Gasteiger partial charge is 0.0951 e. The van der Waals surface area contributed by atoms with E-state index in [0.717, 1.165) is 33.2 Å². The van der Waals surface area contributed by atoms with Crippen molar-refractivity contribution in [2.24, 2.45) is 0 Å². The van der Waals surface area contributed by atoms with E-state index in [9.17, 15) is 0 Å². The fourth-order valence-electron chi connectivity index (χ4n) is 2.45. The first kappa shape index (κ1) is 12.6. The summed E-state index contributed by atoms with van der Waals surface area (Å²) in [5.41, 5.74) is 11.2. The van der Waals surface area contributed by atoms with E-state index < -0.39 is 0 Å². The van der Waals surface area contributed by atoms with Gasteiger partial charge in [0.15, 0.2) is 0 Å². The van der Waals surface area contributed by atoms with Gasteiger partial charge in [0.25, 0.3) is 0 Å². The minimum atomic E-state index is 0.855. The quantitative estimate of drug-likeness (QED) is 0.578. The number of anilines is 1. The van der Waals surface area contributed by atoms with Crippen LogP contribution < -0.4 is 10.9 Å². The number of fused-ring (bicyclic) bond motifs is 2. The van der Waals surface area contributed by atoms with Crippen LogP contribution in [-0.2, 0) is 0 Å². The molecule has 0 aliphatic carbocycles. The molecule has 4 heteroatoms. The van der Waals surface area contributed by atoms with E-state index in [1.165, 1.54) is 0 Å².